The minimum Gasteiger partial charge on any atom is -0.397 e. The fourth-order valence-electron chi connectivity index (χ4n) is 1.94. The van der Waals surface area contributed by atoms with Crippen LogP contribution in [-0.4, -0.2) is 15.9 Å². The highest BCUT2D eigenvalue weighted by Gasteiger charge is 2.10. The smallest absolute Gasteiger partial charge is 0.255 e. The molecule has 0 aliphatic heterocycles. The zero-order valence-electron chi connectivity index (χ0n) is 10.9. The molecule has 0 radical (unpaired) electrons. The average Bonchev–Trinajstić information content (AvgIpc) is 2.50. The Morgan fingerprint density at radius 3 is 2.62 bits per heavy atom. The maximum absolute atomic E-state index is 12.3. The van der Waals surface area contributed by atoms with Crippen molar-refractivity contribution in [2.24, 2.45) is 0 Å². The number of halogens is 1. The van der Waals surface area contributed by atoms with Gasteiger partial charge in [0.1, 0.15) is 0 Å². The molecule has 0 aliphatic rings. The number of hydrogen-bond acceptors (Lipinski definition) is 4. The topological polar surface area (TPSA) is 80.9 Å². The van der Waals surface area contributed by atoms with Crippen LogP contribution < -0.4 is 11.1 Å². The lowest BCUT2D eigenvalue weighted by Gasteiger charge is -2.09. The summed E-state index contributed by atoms with van der Waals surface area (Å²) in [6.07, 6.45) is 3.19. The molecule has 104 valence electrons. The van der Waals surface area contributed by atoms with Crippen LogP contribution in [0.1, 0.15) is 10.4 Å². The van der Waals surface area contributed by atoms with Gasteiger partial charge in [-0.15, -0.1) is 0 Å². The van der Waals surface area contributed by atoms with Crippen LogP contribution >= 0.6 is 11.6 Å². The molecule has 0 bridgehead atoms. The molecule has 6 heteroatoms. The number of nitrogen functional groups attached to an aromatic ring is 1. The lowest BCUT2D eigenvalue weighted by molar-refractivity contribution is 0.102. The second-order valence-corrected chi connectivity index (χ2v) is 4.88. The van der Waals surface area contributed by atoms with Crippen LogP contribution in [0.2, 0.25) is 5.02 Å². The summed E-state index contributed by atoms with van der Waals surface area (Å²) >= 11 is 5.90. The van der Waals surface area contributed by atoms with E-state index in [2.05, 4.69) is 15.3 Å². The third-order valence-electron chi connectivity index (χ3n) is 3.00. The van der Waals surface area contributed by atoms with Gasteiger partial charge in [0.05, 0.1) is 22.4 Å². The molecule has 0 unspecified atom stereocenters. The second kappa shape index (κ2) is 5.38. The average molecular weight is 299 g/mol. The van der Waals surface area contributed by atoms with Gasteiger partial charge >= 0.3 is 0 Å². The second-order valence-electron chi connectivity index (χ2n) is 4.45. The van der Waals surface area contributed by atoms with Crippen LogP contribution in [0, 0.1) is 0 Å². The van der Waals surface area contributed by atoms with Gasteiger partial charge in [-0.1, -0.05) is 11.6 Å². The molecular weight excluding hydrogens is 288 g/mol. The first-order valence-electron chi connectivity index (χ1n) is 6.20. The standard InChI is InChI=1S/C15H11ClN4O/c16-10-2-3-11(17)13(8-10)20-15(21)9-1-4-12-14(7-9)19-6-5-18-12/h1-8H,17H2,(H,20,21). The van der Waals surface area contributed by atoms with E-state index in [4.69, 9.17) is 17.3 Å². The fourth-order valence-corrected chi connectivity index (χ4v) is 2.11. The predicted octanol–water partition coefficient (Wildman–Crippen LogP) is 3.12. The molecule has 1 aromatic heterocycles. The van der Waals surface area contributed by atoms with E-state index in [1.54, 1.807) is 48.8 Å². The third kappa shape index (κ3) is 2.78. The Balaban J connectivity index is 1.91. The molecule has 1 amide bonds. The first-order chi connectivity index (χ1) is 10.1. The molecule has 0 saturated carbocycles. The minimum atomic E-state index is -0.281. The molecule has 3 rings (SSSR count). The Kier molecular flexibility index (Phi) is 3.41. The van der Waals surface area contributed by atoms with E-state index in [1.807, 2.05) is 0 Å². The fraction of sp³-hybridized carbons (Fsp3) is 0. The molecule has 0 atom stereocenters. The lowest BCUT2D eigenvalue weighted by Crippen LogP contribution is -2.13. The van der Waals surface area contributed by atoms with Crippen molar-refractivity contribution in [1.82, 2.24) is 9.97 Å². The van der Waals surface area contributed by atoms with Crippen molar-refractivity contribution in [3.05, 3.63) is 59.4 Å². The van der Waals surface area contributed by atoms with Crippen molar-refractivity contribution in [1.29, 1.82) is 0 Å². The van der Waals surface area contributed by atoms with Crippen LogP contribution in [0.15, 0.2) is 48.8 Å². The lowest BCUT2D eigenvalue weighted by atomic mass is 10.1. The number of nitrogens with two attached hydrogens (primary N) is 1. The number of carbonyl (C=O) groups is 1. The summed E-state index contributed by atoms with van der Waals surface area (Å²) in [5, 5.41) is 3.24. The predicted molar refractivity (Wildman–Crippen MR) is 83.4 cm³/mol. The Morgan fingerprint density at radius 1 is 1.05 bits per heavy atom. The molecule has 5 nitrogen and oxygen atoms in total. The molecule has 2 aromatic carbocycles. The highest BCUT2D eigenvalue weighted by molar-refractivity contribution is 6.31. The van der Waals surface area contributed by atoms with Gasteiger partial charge in [-0.3, -0.25) is 14.8 Å². The van der Waals surface area contributed by atoms with E-state index in [9.17, 15) is 4.79 Å². The van der Waals surface area contributed by atoms with Crippen molar-refractivity contribution in [3.8, 4) is 0 Å². The van der Waals surface area contributed by atoms with Gasteiger partial charge in [0, 0.05) is 23.0 Å². The molecule has 0 fully saturated rings. The van der Waals surface area contributed by atoms with E-state index >= 15 is 0 Å². The van der Waals surface area contributed by atoms with Gasteiger partial charge in [0.25, 0.3) is 5.91 Å². The van der Waals surface area contributed by atoms with Gasteiger partial charge in [-0.05, 0) is 36.4 Å². The van der Waals surface area contributed by atoms with Gasteiger partial charge in [-0.25, -0.2) is 0 Å². The van der Waals surface area contributed by atoms with Crippen molar-refractivity contribution in [2.45, 2.75) is 0 Å². The third-order valence-corrected chi connectivity index (χ3v) is 3.23. The summed E-state index contributed by atoms with van der Waals surface area (Å²) in [4.78, 5) is 20.6. The number of nitrogens with one attached hydrogen (secondary N) is 1. The maximum Gasteiger partial charge on any atom is 0.255 e. The summed E-state index contributed by atoms with van der Waals surface area (Å²) in [5.74, 6) is -0.281. The van der Waals surface area contributed by atoms with E-state index < -0.39 is 0 Å². The minimum absolute atomic E-state index is 0.281. The molecule has 0 spiro atoms. The Bertz CT molecular complexity index is 835. The number of fused-ring (bicyclic) bond motifs is 1. The molecule has 21 heavy (non-hydrogen) atoms. The SMILES string of the molecule is Nc1ccc(Cl)cc1NC(=O)c1ccc2nccnc2c1. The number of benzene rings is 2. The zero-order valence-corrected chi connectivity index (χ0v) is 11.6. The molecule has 3 N–H and O–H groups in total. The van der Waals surface area contributed by atoms with E-state index in [0.29, 0.717) is 27.5 Å². The molecule has 0 saturated heterocycles. The van der Waals surface area contributed by atoms with E-state index in [1.165, 1.54) is 0 Å². The van der Waals surface area contributed by atoms with Crippen molar-refractivity contribution < 1.29 is 4.79 Å². The molecular formula is C15H11ClN4O. The number of carbonyl (C=O) groups excluding carboxylic acids is 1. The van der Waals surface area contributed by atoms with Gasteiger partial charge < -0.3 is 11.1 Å². The first kappa shape index (κ1) is 13.3. The van der Waals surface area contributed by atoms with Gasteiger partial charge in [0.15, 0.2) is 0 Å². The quantitative estimate of drug-likeness (QED) is 0.712. The molecule has 0 aliphatic carbocycles. The van der Waals surface area contributed by atoms with Crippen LogP contribution in [0.25, 0.3) is 11.0 Å². The summed E-state index contributed by atoms with van der Waals surface area (Å²) < 4.78 is 0. The summed E-state index contributed by atoms with van der Waals surface area (Å²) in [6.45, 7) is 0. The Morgan fingerprint density at radius 2 is 1.81 bits per heavy atom. The highest BCUT2D eigenvalue weighted by atomic mass is 35.5. The van der Waals surface area contributed by atoms with E-state index in [-0.39, 0.29) is 5.91 Å². The van der Waals surface area contributed by atoms with Crippen molar-refractivity contribution in [2.75, 3.05) is 11.1 Å². The van der Waals surface area contributed by atoms with E-state index in [0.717, 1.165) is 5.52 Å². The van der Waals surface area contributed by atoms with Crippen LogP contribution in [0.3, 0.4) is 0 Å². The molecule has 3 aromatic rings. The summed E-state index contributed by atoms with van der Waals surface area (Å²) in [6, 6.07) is 10.0. The monoisotopic (exact) mass is 298 g/mol. The van der Waals surface area contributed by atoms with Crippen LogP contribution in [0.5, 0.6) is 0 Å². The van der Waals surface area contributed by atoms with Gasteiger partial charge in [0.2, 0.25) is 0 Å². The highest BCUT2D eigenvalue weighted by Crippen LogP contribution is 2.23. The maximum atomic E-state index is 12.3. The Labute approximate surface area is 125 Å². The number of nitrogens with zero attached hydrogens (tertiary/aromatic N) is 2. The zero-order chi connectivity index (χ0) is 14.8. The van der Waals surface area contributed by atoms with Crippen LogP contribution in [0.4, 0.5) is 11.4 Å². The number of amides is 1. The van der Waals surface area contributed by atoms with Crippen LogP contribution in [-0.2, 0) is 0 Å². The summed E-state index contributed by atoms with van der Waals surface area (Å²) in [7, 11) is 0. The number of hydrogen-bond donors (Lipinski definition) is 2. The molecule has 1 heterocycles. The number of anilines is 2. The first-order valence-corrected chi connectivity index (χ1v) is 6.58. The van der Waals surface area contributed by atoms with Gasteiger partial charge in [-0.2, -0.15) is 0 Å². The number of rotatable bonds is 2. The van der Waals surface area contributed by atoms with Crippen molar-refractivity contribution in [3.63, 3.8) is 0 Å². The van der Waals surface area contributed by atoms with Crippen molar-refractivity contribution >= 4 is 39.9 Å². The normalized spacial score (nSPS) is 10.5. The Hall–Kier alpha value is -2.66. The largest absolute Gasteiger partial charge is 0.397 e. The number of aromatic nitrogens is 2. The summed E-state index contributed by atoms with van der Waals surface area (Å²) in [5.41, 5.74) is 8.61.